The molecule has 1 aliphatic rings. The number of nitrogens with zero attached hydrogens (tertiary/aromatic N) is 1. The zero-order valence-corrected chi connectivity index (χ0v) is 7.38. The molecule has 0 radical (unpaired) electrons. The van der Waals surface area contributed by atoms with E-state index >= 15 is 0 Å². The van der Waals surface area contributed by atoms with Crippen molar-refractivity contribution >= 4 is 5.97 Å². The molecular formula is C8H8F2N2O2. The summed E-state index contributed by atoms with van der Waals surface area (Å²) in [5, 5.41) is 5.99. The van der Waals surface area contributed by atoms with Gasteiger partial charge in [-0.1, -0.05) is 0 Å². The number of halogens is 2. The number of esters is 1. The molecule has 14 heavy (non-hydrogen) atoms. The van der Waals surface area contributed by atoms with Gasteiger partial charge in [-0.3, -0.25) is 5.10 Å². The topological polar surface area (TPSA) is 55.0 Å². The van der Waals surface area contributed by atoms with E-state index in [1.807, 2.05) is 0 Å². The van der Waals surface area contributed by atoms with E-state index < -0.39 is 17.8 Å². The number of aromatic nitrogens is 2. The van der Waals surface area contributed by atoms with E-state index in [1.54, 1.807) is 0 Å². The van der Waals surface area contributed by atoms with Crippen LogP contribution in [0.1, 0.15) is 28.5 Å². The number of nitrogens with one attached hydrogen (secondary N) is 1. The molecular weight excluding hydrogens is 194 g/mol. The highest BCUT2D eigenvalue weighted by molar-refractivity contribution is 5.87. The Kier molecular flexibility index (Phi) is 1.80. The summed E-state index contributed by atoms with van der Waals surface area (Å²) in [6, 6.07) is 1.30. The Morgan fingerprint density at radius 3 is 2.93 bits per heavy atom. The van der Waals surface area contributed by atoms with E-state index in [9.17, 15) is 13.6 Å². The first kappa shape index (κ1) is 9.11. The summed E-state index contributed by atoms with van der Waals surface area (Å²) < 4.78 is 29.6. The summed E-state index contributed by atoms with van der Waals surface area (Å²) in [5.41, 5.74) is 0.320. The van der Waals surface area contributed by atoms with Gasteiger partial charge in [0.25, 0.3) is 5.92 Å². The quantitative estimate of drug-likeness (QED) is 0.736. The molecule has 1 saturated carbocycles. The molecule has 0 aliphatic heterocycles. The Morgan fingerprint density at radius 1 is 1.79 bits per heavy atom. The van der Waals surface area contributed by atoms with Gasteiger partial charge in [0.1, 0.15) is 0 Å². The Labute approximate surface area is 78.3 Å². The predicted octanol–water partition coefficient (Wildman–Crippen LogP) is 1.32. The van der Waals surface area contributed by atoms with Crippen molar-refractivity contribution in [3.8, 4) is 0 Å². The number of alkyl halides is 2. The normalized spacial score (nSPS) is 23.2. The van der Waals surface area contributed by atoms with E-state index in [0.29, 0.717) is 0 Å². The molecule has 1 aliphatic carbocycles. The molecule has 76 valence electrons. The van der Waals surface area contributed by atoms with Crippen LogP contribution in [0.2, 0.25) is 0 Å². The molecule has 0 saturated heterocycles. The summed E-state index contributed by atoms with van der Waals surface area (Å²) in [7, 11) is 1.21. The monoisotopic (exact) mass is 202 g/mol. The maximum absolute atomic E-state index is 12.6. The number of carbonyl (C=O) groups is 1. The lowest BCUT2D eigenvalue weighted by Crippen LogP contribution is -2.00. The fraction of sp³-hybridized carbons (Fsp3) is 0.500. The minimum Gasteiger partial charge on any atom is -0.464 e. The number of hydrogen-bond acceptors (Lipinski definition) is 3. The molecule has 1 aromatic heterocycles. The first-order chi connectivity index (χ1) is 6.54. The second-order valence-corrected chi connectivity index (χ2v) is 3.22. The summed E-state index contributed by atoms with van der Waals surface area (Å²) in [4.78, 5) is 10.9. The van der Waals surface area contributed by atoms with Crippen LogP contribution in [0.5, 0.6) is 0 Å². The third-order valence-corrected chi connectivity index (χ3v) is 2.19. The van der Waals surface area contributed by atoms with Crippen LogP contribution in [0.4, 0.5) is 8.78 Å². The maximum atomic E-state index is 12.6. The first-order valence-electron chi connectivity index (χ1n) is 4.06. The van der Waals surface area contributed by atoms with Crippen LogP contribution in [0.3, 0.4) is 0 Å². The molecule has 4 nitrogen and oxygen atoms in total. The fourth-order valence-electron chi connectivity index (χ4n) is 1.27. The molecule has 0 aromatic carbocycles. The molecule has 1 aromatic rings. The third kappa shape index (κ3) is 1.36. The average molecular weight is 202 g/mol. The number of methoxy groups -OCH3 is 1. The van der Waals surface area contributed by atoms with Crippen LogP contribution < -0.4 is 0 Å². The smallest absolute Gasteiger partial charge is 0.358 e. The van der Waals surface area contributed by atoms with Crippen molar-refractivity contribution in [1.82, 2.24) is 10.2 Å². The van der Waals surface area contributed by atoms with E-state index in [2.05, 4.69) is 14.9 Å². The van der Waals surface area contributed by atoms with Gasteiger partial charge in [0, 0.05) is 12.1 Å². The minimum absolute atomic E-state index is 0.0326. The lowest BCUT2D eigenvalue weighted by atomic mass is 10.2. The van der Waals surface area contributed by atoms with Crippen LogP contribution in [-0.2, 0) is 4.74 Å². The highest BCUT2D eigenvalue weighted by Gasteiger charge is 2.58. The summed E-state index contributed by atoms with van der Waals surface area (Å²) >= 11 is 0. The highest BCUT2D eigenvalue weighted by Crippen LogP contribution is 2.55. The van der Waals surface area contributed by atoms with Gasteiger partial charge >= 0.3 is 5.97 Å². The number of rotatable bonds is 2. The maximum Gasteiger partial charge on any atom is 0.358 e. The Hall–Kier alpha value is -1.46. The zero-order chi connectivity index (χ0) is 10.3. The van der Waals surface area contributed by atoms with E-state index in [4.69, 9.17) is 0 Å². The van der Waals surface area contributed by atoms with Crippen LogP contribution >= 0.6 is 0 Å². The first-order valence-corrected chi connectivity index (χ1v) is 4.06. The van der Waals surface area contributed by atoms with Gasteiger partial charge in [0.2, 0.25) is 0 Å². The average Bonchev–Trinajstić information content (AvgIpc) is 2.64. The van der Waals surface area contributed by atoms with Crippen molar-refractivity contribution in [2.75, 3.05) is 7.11 Å². The summed E-state index contributed by atoms with van der Waals surface area (Å²) in [6.07, 6.45) is -0.185. The highest BCUT2D eigenvalue weighted by atomic mass is 19.3. The van der Waals surface area contributed by atoms with Crippen molar-refractivity contribution < 1.29 is 18.3 Å². The minimum atomic E-state index is -2.65. The number of H-pyrrole nitrogens is 1. The molecule has 1 N–H and O–H groups in total. The van der Waals surface area contributed by atoms with Crippen LogP contribution in [0, 0.1) is 0 Å². The third-order valence-electron chi connectivity index (χ3n) is 2.19. The number of carbonyl (C=O) groups excluding carboxylic acids is 1. The summed E-state index contributed by atoms with van der Waals surface area (Å²) in [6.45, 7) is 0. The van der Waals surface area contributed by atoms with Gasteiger partial charge in [-0.2, -0.15) is 5.10 Å². The second kappa shape index (κ2) is 2.76. The van der Waals surface area contributed by atoms with Crippen molar-refractivity contribution in [3.05, 3.63) is 17.5 Å². The molecule has 1 heterocycles. The number of ether oxygens (including phenoxy) is 1. The van der Waals surface area contributed by atoms with Gasteiger partial charge in [0.05, 0.1) is 13.0 Å². The van der Waals surface area contributed by atoms with Gasteiger partial charge in [-0.05, 0) is 6.07 Å². The van der Waals surface area contributed by atoms with Crippen LogP contribution in [-0.4, -0.2) is 29.2 Å². The van der Waals surface area contributed by atoms with Gasteiger partial charge in [-0.25, -0.2) is 13.6 Å². The molecule has 0 amide bonds. The Balaban J connectivity index is 2.15. The van der Waals surface area contributed by atoms with Gasteiger partial charge in [-0.15, -0.1) is 0 Å². The number of aromatic amines is 1. The SMILES string of the molecule is COC(=O)c1cc(C2CC2(F)F)[nH]n1. The Morgan fingerprint density at radius 2 is 2.43 bits per heavy atom. The molecule has 0 bridgehead atoms. The molecule has 0 spiro atoms. The van der Waals surface area contributed by atoms with Gasteiger partial charge in [0.15, 0.2) is 5.69 Å². The van der Waals surface area contributed by atoms with E-state index in [0.717, 1.165) is 0 Å². The van der Waals surface area contributed by atoms with Crippen LogP contribution in [0.15, 0.2) is 6.07 Å². The fourth-order valence-corrected chi connectivity index (χ4v) is 1.27. The lowest BCUT2D eigenvalue weighted by molar-refractivity contribution is 0.0594. The van der Waals surface area contributed by atoms with Crippen molar-refractivity contribution in [1.29, 1.82) is 0 Å². The lowest BCUT2D eigenvalue weighted by Gasteiger charge is -1.91. The van der Waals surface area contributed by atoms with Crippen molar-refractivity contribution in [3.63, 3.8) is 0 Å². The second-order valence-electron chi connectivity index (χ2n) is 3.22. The molecule has 6 heteroatoms. The number of hydrogen-bond donors (Lipinski definition) is 1. The van der Waals surface area contributed by atoms with Crippen LogP contribution in [0.25, 0.3) is 0 Å². The van der Waals surface area contributed by atoms with E-state index in [-0.39, 0.29) is 17.8 Å². The molecule has 1 fully saturated rings. The van der Waals surface area contributed by atoms with Crippen molar-refractivity contribution in [2.45, 2.75) is 18.3 Å². The van der Waals surface area contributed by atoms with E-state index in [1.165, 1.54) is 13.2 Å². The molecule has 1 atom stereocenters. The van der Waals surface area contributed by atoms with Gasteiger partial charge < -0.3 is 4.74 Å². The molecule has 2 rings (SSSR count). The Bertz CT molecular complexity index is 375. The zero-order valence-electron chi connectivity index (χ0n) is 7.38. The molecule has 1 unspecified atom stereocenters. The standard InChI is InChI=1S/C8H8F2N2O2/c1-14-7(13)6-2-5(11-12-6)4-3-8(4,9)10/h2,4H,3H2,1H3,(H,11,12). The predicted molar refractivity (Wildman–Crippen MR) is 42.2 cm³/mol. The summed E-state index contributed by atoms with van der Waals surface area (Å²) in [5.74, 6) is -4.11. The largest absolute Gasteiger partial charge is 0.464 e. The van der Waals surface area contributed by atoms with Crippen molar-refractivity contribution in [2.24, 2.45) is 0 Å².